The maximum absolute atomic E-state index is 11.6. The Morgan fingerprint density at radius 1 is 1.00 bits per heavy atom. The Morgan fingerprint density at radius 3 is 2.76 bits per heavy atom. The molecule has 160 valence electrons. The highest BCUT2D eigenvalue weighted by atomic mass is 16.4. The topological polar surface area (TPSA) is 83.8 Å². The van der Waals surface area contributed by atoms with E-state index in [-0.39, 0.29) is 5.56 Å². The van der Waals surface area contributed by atoms with Gasteiger partial charge in [-0.2, -0.15) is 0 Å². The number of fused-ring (bicyclic) bond motifs is 3. The van der Waals surface area contributed by atoms with Crippen LogP contribution in [0.5, 0.6) is 0 Å². The molecule has 33 heavy (non-hydrogen) atoms. The number of nitrogens with one attached hydrogen (secondary N) is 1. The van der Waals surface area contributed by atoms with E-state index in [1.807, 2.05) is 30.3 Å². The third-order valence-electron chi connectivity index (χ3n) is 6.31. The molecule has 0 fully saturated rings. The first kappa shape index (κ1) is 19.3. The summed E-state index contributed by atoms with van der Waals surface area (Å²) in [6, 6.07) is 24.0. The summed E-state index contributed by atoms with van der Waals surface area (Å²) in [6.45, 7) is 2.65. The number of carboxylic acids is 1. The largest absolute Gasteiger partial charge is 0.478 e. The zero-order valence-electron chi connectivity index (χ0n) is 17.9. The van der Waals surface area contributed by atoms with Gasteiger partial charge in [-0.1, -0.05) is 59.8 Å². The molecule has 4 aromatic carbocycles. The van der Waals surface area contributed by atoms with Crippen LogP contribution in [0.2, 0.25) is 0 Å². The summed E-state index contributed by atoms with van der Waals surface area (Å²) in [4.78, 5) is 11.6. The Kier molecular flexibility index (Phi) is 4.26. The molecule has 6 rings (SSSR count). The van der Waals surface area contributed by atoms with Crippen LogP contribution in [0.1, 0.15) is 21.5 Å². The smallest absolute Gasteiger partial charge is 0.335 e. The van der Waals surface area contributed by atoms with E-state index in [1.165, 1.54) is 0 Å². The summed E-state index contributed by atoms with van der Waals surface area (Å²) in [5.74, 6) is -0.925. The lowest BCUT2D eigenvalue weighted by Gasteiger charge is -2.15. The van der Waals surface area contributed by atoms with Gasteiger partial charge in [0.25, 0.3) is 0 Å². The van der Waals surface area contributed by atoms with E-state index in [2.05, 4.69) is 63.4 Å². The Balaban J connectivity index is 1.60. The van der Waals surface area contributed by atoms with E-state index in [0.717, 1.165) is 55.0 Å². The molecule has 0 unspecified atom stereocenters. The number of benzene rings is 4. The van der Waals surface area contributed by atoms with E-state index in [0.29, 0.717) is 6.54 Å². The molecule has 0 aliphatic heterocycles. The molecular weight excluding hydrogens is 412 g/mol. The monoisotopic (exact) mass is 432 g/mol. The van der Waals surface area contributed by atoms with Gasteiger partial charge >= 0.3 is 5.97 Å². The predicted octanol–water partition coefficient (Wildman–Crippen LogP) is 5.79. The summed E-state index contributed by atoms with van der Waals surface area (Å²) in [5, 5.41) is 24.2. The normalized spacial score (nSPS) is 11.5. The first-order valence-electron chi connectivity index (χ1n) is 10.7. The minimum absolute atomic E-state index is 0.285. The molecule has 6 nitrogen and oxygen atoms in total. The zero-order chi connectivity index (χ0) is 22.5. The second kappa shape index (κ2) is 7.31. The molecule has 0 saturated carbocycles. The van der Waals surface area contributed by atoms with Gasteiger partial charge in [0.05, 0.1) is 11.1 Å². The molecule has 6 aromatic rings. The van der Waals surface area contributed by atoms with Crippen molar-refractivity contribution in [3.63, 3.8) is 0 Å². The van der Waals surface area contributed by atoms with Gasteiger partial charge in [0, 0.05) is 29.2 Å². The van der Waals surface area contributed by atoms with Crippen LogP contribution in [0.15, 0.2) is 79.0 Å². The summed E-state index contributed by atoms with van der Waals surface area (Å²) in [6.07, 6.45) is 2.09. The third-order valence-corrected chi connectivity index (χ3v) is 6.31. The highest BCUT2D eigenvalue weighted by Gasteiger charge is 2.17. The molecule has 0 amide bonds. The molecule has 6 heteroatoms. The van der Waals surface area contributed by atoms with Gasteiger partial charge in [-0.25, -0.2) is 4.79 Å². The summed E-state index contributed by atoms with van der Waals surface area (Å²) < 4.78 is 2.13. The lowest BCUT2D eigenvalue weighted by Crippen LogP contribution is -2.02. The average molecular weight is 432 g/mol. The van der Waals surface area contributed by atoms with Crippen LogP contribution in [0.4, 0.5) is 0 Å². The number of nitrogens with zero attached hydrogens (tertiary/aromatic N) is 3. The molecular formula is C27H20N4O2. The quantitative estimate of drug-likeness (QED) is 0.369. The van der Waals surface area contributed by atoms with E-state index in [9.17, 15) is 9.90 Å². The second-order valence-corrected chi connectivity index (χ2v) is 8.31. The van der Waals surface area contributed by atoms with Crippen LogP contribution < -0.4 is 0 Å². The average Bonchev–Trinajstić information content (AvgIpc) is 3.43. The van der Waals surface area contributed by atoms with Crippen LogP contribution in [-0.4, -0.2) is 31.1 Å². The Morgan fingerprint density at radius 2 is 1.88 bits per heavy atom. The van der Waals surface area contributed by atoms with Gasteiger partial charge in [0.2, 0.25) is 0 Å². The molecule has 0 bridgehead atoms. The summed E-state index contributed by atoms with van der Waals surface area (Å²) >= 11 is 0. The lowest BCUT2D eigenvalue weighted by atomic mass is 9.92. The number of rotatable bonds is 4. The molecule has 0 saturated heterocycles. The first-order valence-corrected chi connectivity index (χ1v) is 10.7. The SMILES string of the molecule is Cc1cn(Cc2ccc3ccccc3c2-c2cccc3[nH]nnc23)c2cc(C(=O)O)ccc12. The number of aromatic nitrogens is 4. The number of H-pyrrole nitrogens is 1. The van der Waals surface area contributed by atoms with E-state index >= 15 is 0 Å². The molecule has 2 heterocycles. The van der Waals surface area contributed by atoms with Gasteiger partial charge in [-0.15, -0.1) is 5.10 Å². The zero-order valence-corrected chi connectivity index (χ0v) is 17.9. The standard InChI is InChI=1S/C27H20N4O2/c1-16-14-31(24-13-18(27(32)33)11-12-20(16)24)15-19-10-9-17-5-2-3-6-21(17)25(19)22-7-4-8-23-26(22)29-30-28-23/h2-14H,15H2,1H3,(H,32,33)(H,28,29,30). The van der Waals surface area contributed by atoms with Gasteiger partial charge in [0.15, 0.2) is 0 Å². The van der Waals surface area contributed by atoms with Gasteiger partial charge in [-0.3, -0.25) is 5.10 Å². The van der Waals surface area contributed by atoms with Crippen molar-refractivity contribution < 1.29 is 9.90 Å². The van der Waals surface area contributed by atoms with Crippen LogP contribution >= 0.6 is 0 Å². The van der Waals surface area contributed by atoms with E-state index < -0.39 is 5.97 Å². The molecule has 0 radical (unpaired) electrons. The van der Waals surface area contributed by atoms with Crippen molar-refractivity contribution in [3.8, 4) is 11.1 Å². The molecule has 2 N–H and O–H groups in total. The summed E-state index contributed by atoms with van der Waals surface area (Å²) in [5.41, 5.74) is 7.29. The van der Waals surface area contributed by atoms with Crippen molar-refractivity contribution in [2.45, 2.75) is 13.5 Å². The number of carbonyl (C=O) groups is 1. The van der Waals surface area contributed by atoms with Crippen LogP contribution in [0.3, 0.4) is 0 Å². The van der Waals surface area contributed by atoms with Crippen LogP contribution in [0, 0.1) is 6.92 Å². The second-order valence-electron chi connectivity index (χ2n) is 8.31. The molecule has 0 spiro atoms. The first-order chi connectivity index (χ1) is 16.1. The molecule has 0 atom stereocenters. The van der Waals surface area contributed by atoms with E-state index in [4.69, 9.17) is 0 Å². The van der Waals surface area contributed by atoms with Crippen molar-refractivity contribution >= 4 is 38.7 Å². The Bertz CT molecular complexity index is 1690. The fourth-order valence-electron chi connectivity index (χ4n) is 4.76. The van der Waals surface area contributed by atoms with Gasteiger partial charge in [0.1, 0.15) is 5.52 Å². The van der Waals surface area contributed by atoms with Crippen molar-refractivity contribution in [1.29, 1.82) is 0 Å². The number of aromatic amines is 1. The maximum Gasteiger partial charge on any atom is 0.335 e. The van der Waals surface area contributed by atoms with E-state index in [1.54, 1.807) is 12.1 Å². The third kappa shape index (κ3) is 3.07. The highest BCUT2D eigenvalue weighted by Crippen LogP contribution is 2.36. The van der Waals surface area contributed by atoms with Crippen molar-refractivity contribution in [2.75, 3.05) is 0 Å². The summed E-state index contributed by atoms with van der Waals surface area (Å²) in [7, 11) is 0. The molecule has 0 aliphatic rings. The fraction of sp³-hybridized carbons (Fsp3) is 0.0741. The predicted molar refractivity (Wildman–Crippen MR) is 130 cm³/mol. The van der Waals surface area contributed by atoms with Crippen molar-refractivity contribution in [1.82, 2.24) is 20.0 Å². The van der Waals surface area contributed by atoms with Gasteiger partial charge < -0.3 is 9.67 Å². The fourth-order valence-corrected chi connectivity index (χ4v) is 4.76. The molecule has 2 aromatic heterocycles. The van der Waals surface area contributed by atoms with Gasteiger partial charge in [-0.05, 0) is 52.6 Å². The number of hydrogen-bond acceptors (Lipinski definition) is 3. The minimum atomic E-state index is -0.925. The number of aromatic carboxylic acids is 1. The lowest BCUT2D eigenvalue weighted by molar-refractivity contribution is 0.0697. The Hall–Kier alpha value is -4.45. The van der Waals surface area contributed by atoms with Crippen molar-refractivity contribution in [2.24, 2.45) is 0 Å². The minimum Gasteiger partial charge on any atom is -0.478 e. The number of aryl methyl sites for hydroxylation is 1. The van der Waals surface area contributed by atoms with Crippen LogP contribution in [-0.2, 0) is 6.54 Å². The van der Waals surface area contributed by atoms with Crippen LogP contribution in [0.25, 0.3) is 43.8 Å². The number of carboxylic acid groups (broad SMARTS) is 1. The highest BCUT2D eigenvalue weighted by molar-refractivity contribution is 6.04. The number of hydrogen-bond donors (Lipinski definition) is 2. The van der Waals surface area contributed by atoms with Crippen molar-refractivity contribution in [3.05, 3.63) is 95.7 Å². The molecule has 0 aliphatic carbocycles. The Labute approximate surface area is 189 Å². The maximum atomic E-state index is 11.6.